The van der Waals surface area contributed by atoms with Crippen molar-refractivity contribution in [1.29, 1.82) is 5.26 Å². The first-order chi connectivity index (χ1) is 9.65. The minimum absolute atomic E-state index is 0.722. The van der Waals surface area contributed by atoms with Gasteiger partial charge in [-0.15, -0.1) is 11.8 Å². The molecule has 102 valence electrons. The summed E-state index contributed by atoms with van der Waals surface area (Å²) in [5.41, 5.74) is 5.03. The van der Waals surface area contributed by atoms with Crippen LogP contribution < -0.4 is 5.32 Å². The Kier molecular flexibility index (Phi) is 4.70. The number of nitrogens with one attached hydrogen (secondary N) is 1. The number of thioether (sulfide) groups is 1. The van der Waals surface area contributed by atoms with Gasteiger partial charge >= 0.3 is 0 Å². The SMILES string of the molecule is CCSc1cccc(Nc2cc(C)ccc2C)c1C#N. The van der Waals surface area contributed by atoms with Gasteiger partial charge in [0.2, 0.25) is 0 Å². The number of hydrogen-bond acceptors (Lipinski definition) is 3. The summed E-state index contributed by atoms with van der Waals surface area (Å²) in [6, 6.07) is 14.6. The highest BCUT2D eigenvalue weighted by molar-refractivity contribution is 7.99. The van der Waals surface area contributed by atoms with E-state index in [0.717, 1.165) is 27.6 Å². The zero-order valence-electron chi connectivity index (χ0n) is 12.0. The third kappa shape index (κ3) is 3.15. The molecule has 0 saturated heterocycles. The number of aryl methyl sites for hydroxylation is 2. The zero-order valence-corrected chi connectivity index (χ0v) is 12.8. The quantitative estimate of drug-likeness (QED) is 0.799. The van der Waals surface area contributed by atoms with Gasteiger partial charge in [-0.25, -0.2) is 0 Å². The third-order valence-electron chi connectivity index (χ3n) is 3.10. The molecule has 0 heterocycles. The van der Waals surface area contributed by atoms with Crippen molar-refractivity contribution in [2.45, 2.75) is 25.7 Å². The highest BCUT2D eigenvalue weighted by Gasteiger charge is 2.09. The maximum Gasteiger partial charge on any atom is 0.103 e. The summed E-state index contributed by atoms with van der Waals surface area (Å²) >= 11 is 1.70. The van der Waals surface area contributed by atoms with E-state index in [1.54, 1.807) is 11.8 Å². The second-order valence-corrected chi connectivity index (χ2v) is 5.97. The molecule has 2 aromatic rings. The van der Waals surface area contributed by atoms with E-state index >= 15 is 0 Å². The maximum atomic E-state index is 9.42. The molecule has 0 spiro atoms. The van der Waals surface area contributed by atoms with Gasteiger partial charge in [-0.3, -0.25) is 0 Å². The van der Waals surface area contributed by atoms with Gasteiger partial charge in [-0.1, -0.05) is 25.1 Å². The largest absolute Gasteiger partial charge is 0.354 e. The summed E-state index contributed by atoms with van der Waals surface area (Å²) in [7, 11) is 0. The molecule has 0 aliphatic rings. The van der Waals surface area contributed by atoms with Crippen molar-refractivity contribution in [3.05, 3.63) is 53.1 Å². The average molecular weight is 282 g/mol. The fraction of sp³-hybridized carbons (Fsp3) is 0.235. The second kappa shape index (κ2) is 6.49. The van der Waals surface area contributed by atoms with Crippen LogP contribution in [0.5, 0.6) is 0 Å². The Morgan fingerprint density at radius 2 is 1.95 bits per heavy atom. The summed E-state index contributed by atoms with van der Waals surface area (Å²) in [5, 5.41) is 12.8. The predicted octanol–water partition coefficient (Wildman–Crippen LogP) is 5.03. The molecular weight excluding hydrogens is 264 g/mol. The Morgan fingerprint density at radius 1 is 1.15 bits per heavy atom. The summed E-state index contributed by atoms with van der Waals surface area (Å²) in [6.07, 6.45) is 0. The molecule has 0 fully saturated rings. The lowest BCUT2D eigenvalue weighted by molar-refractivity contribution is 1.33. The minimum atomic E-state index is 0.722. The lowest BCUT2D eigenvalue weighted by atomic mass is 10.1. The smallest absolute Gasteiger partial charge is 0.103 e. The van der Waals surface area contributed by atoms with Crippen LogP contribution in [-0.2, 0) is 0 Å². The fourth-order valence-electron chi connectivity index (χ4n) is 2.04. The molecule has 2 nitrogen and oxygen atoms in total. The van der Waals surface area contributed by atoms with Crippen molar-refractivity contribution in [3.8, 4) is 6.07 Å². The van der Waals surface area contributed by atoms with Crippen molar-refractivity contribution in [3.63, 3.8) is 0 Å². The van der Waals surface area contributed by atoms with E-state index in [9.17, 15) is 5.26 Å². The first-order valence-electron chi connectivity index (χ1n) is 6.66. The van der Waals surface area contributed by atoms with Crippen LogP contribution in [0.15, 0.2) is 41.3 Å². The van der Waals surface area contributed by atoms with Gasteiger partial charge < -0.3 is 5.32 Å². The Balaban J connectivity index is 2.41. The normalized spacial score (nSPS) is 10.1. The van der Waals surface area contributed by atoms with E-state index in [2.05, 4.69) is 50.4 Å². The topological polar surface area (TPSA) is 35.8 Å². The molecule has 2 aromatic carbocycles. The van der Waals surface area contributed by atoms with Crippen LogP contribution in [0, 0.1) is 25.2 Å². The van der Waals surface area contributed by atoms with Gasteiger partial charge in [0.05, 0.1) is 11.3 Å². The van der Waals surface area contributed by atoms with Crippen LogP contribution in [0.4, 0.5) is 11.4 Å². The molecule has 20 heavy (non-hydrogen) atoms. The lowest BCUT2D eigenvalue weighted by Gasteiger charge is -2.13. The van der Waals surface area contributed by atoms with Crippen molar-refractivity contribution in [2.24, 2.45) is 0 Å². The van der Waals surface area contributed by atoms with Gasteiger partial charge in [-0.2, -0.15) is 5.26 Å². The molecule has 1 N–H and O–H groups in total. The minimum Gasteiger partial charge on any atom is -0.354 e. The first-order valence-corrected chi connectivity index (χ1v) is 7.64. The Bertz CT molecular complexity index is 657. The highest BCUT2D eigenvalue weighted by atomic mass is 32.2. The lowest BCUT2D eigenvalue weighted by Crippen LogP contribution is -1.97. The number of nitrogens with zero attached hydrogens (tertiary/aromatic N) is 1. The van der Waals surface area contributed by atoms with Crippen molar-refractivity contribution < 1.29 is 0 Å². The Labute approximate surface area is 124 Å². The molecule has 0 aliphatic carbocycles. The van der Waals surface area contributed by atoms with E-state index in [1.165, 1.54) is 11.1 Å². The molecule has 0 bridgehead atoms. The van der Waals surface area contributed by atoms with Gasteiger partial charge in [0.25, 0.3) is 0 Å². The number of hydrogen-bond donors (Lipinski definition) is 1. The van der Waals surface area contributed by atoms with Crippen molar-refractivity contribution in [2.75, 3.05) is 11.1 Å². The van der Waals surface area contributed by atoms with Crippen LogP contribution in [0.25, 0.3) is 0 Å². The molecule has 0 unspecified atom stereocenters. The van der Waals surface area contributed by atoms with Crippen LogP contribution in [0.1, 0.15) is 23.6 Å². The molecule has 0 atom stereocenters. The average Bonchev–Trinajstić information content (AvgIpc) is 2.43. The van der Waals surface area contributed by atoms with Crippen molar-refractivity contribution >= 4 is 23.1 Å². The van der Waals surface area contributed by atoms with E-state index in [-0.39, 0.29) is 0 Å². The van der Waals surface area contributed by atoms with Crippen LogP contribution in [0.2, 0.25) is 0 Å². The van der Waals surface area contributed by atoms with E-state index in [1.807, 2.05) is 18.2 Å². The van der Waals surface area contributed by atoms with E-state index < -0.39 is 0 Å². The number of nitriles is 1. The zero-order chi connectivity index (χ0) is 14.5. The third-order valence-corrected chi connectivity index (χ3v) is 4.04. The van der Waals surface area contributed by atoms with E-state index in [0.29, 0.717) is 0 Å². The molecule has 0 aromatic heterocycles. The Hall–Kier alpha value is -1.92. The molecular formula is C17H18N2S. The predicted molar refractivity (Wildman–Crippen MR) is 86.8 cm³/mol. The second-order valence-electron chi connectivity index (χ2n) is 4.67. The van der Waals surface area contributed by atoms with Crippen LogP contribution in [-0.4, -0.2) is 5.75 Å². The molecule has 0 amide bonds. The van der Waals surface area contributed by atoms with Gasteiger partial charge in [0.15, 0.2) is 0 Å². The molecule has 2 rings (SSSR count). The van der Waals surface area contributed by atoms with E-state index in [4.69, 9.17) is 0 Å². The van der Waals surface area contributed by atoms with Gasteiger partial charge in [0, 0.05) is 10.6 Å². The monoisotopic (exact) mass is 282 g/mol. The summed E-state index contributed by atoms with van der Waals surface area (Å²) < 4.78 is 0. The van der Waals surface area contributed by atoms with Gasteiger partial charge in [-0.05, 0) is 48.9 Å². The summed E-state index contributed by atoms with van der Waals surface area (Å²) in [6.45, 7) is 6.23. The standard InChI is InChI=1S/C17H18N2S/c1-4-20-17-7-5-6-15(14(17)11-18)19-16-10-12(2)8-9-13(16)3/h5-10,19H,4H2,1-3H3. The maximum absolute atomic E-state index is 9.42. The molecule has 0 aliphatic heterocycles. The highest BCUT2D eigenvalue weighted by Crippen LogP contribution is 2.30. The first kappa shape index (κ1) is 14.5. The Morgan fingerprint density at radius 3 is 2.65 bits per heavy atom. The fourth-order valence-corrected chi connectivity index (χ4v) is 2.83. The molecule has 0 saturated carbocycles. The number of benzene rings is 2. The van der Waals surface area contributed by atoms with Gasteiger partial charge in [0.1, 0.15) is 6.07 Å². The van der Waals surface area contributed by atoms with Crippen molar-refractivity contribution in [1.82, 2.24) is 0 Å². The number of anilines is 2. The molecule has 3 heteroatoms. The number of rotatable bonds is 4. The van der Waals surface area contributed by atoms with Crippen LogP contribution >= 0.6 is 11.8 Å². The summed E-state index contributed by atoms with van der Waals surface area (Å²) in [4.78, 5) is 1.03. The van der Waals surface area contributed by atoms with Crippen LogP contribution in [0.3, 0.4) is 0 Å². The molecule has 0 radical (unpaired) electrons. The summed E-state index contributed by atoms with van der Waals surface area (Å²) in [5.74, 6) is 0.960.